The summed E-state index contributed by atoms with van der Waals surface area (Å²) in [6.45, 7) is 5.48. The van der Waals surface area contributed by atoms with Crippen molar-refractivity contribution in [2.75, 3.05) is 6.54 Å². The molecule has 0 amide bonds. The summed E-state index contributed by atoms with van der Waals surface area (Å²) in [7, 11) is 0. The summed E-state index contributed by atoms with van der Waals surface area (Å²) in [5.41, 5.74) is 2.72. The van der Waals surface area contributed by atoms with Gasteiger partial charge in [-0.05, 0) is 68.0 Å². The Hall–Kier alpha value is -0.890. The third kappa shape index (κ3) is 2.76. The standard InChI is InChI=1S/C18H28N2/c1-3-14-6-5-9-20-18(14)17(19-4-2)12-16-11-13-7-8-15(16)10-13/h5-6,9,13,15-17,19H,3-4,7-8,10-12H2,1-2H3. The number of aryl methyl sites for hydroxylation is 1. The van der Waals surface area contributed by atoms with Crippen molar-refractivity contribution in [2.24, 2.45) is 17.8 Å². The third-order valence-corrected chi connectivity index (χ3v) is 5.51. The lowest BCUT2D eigenvalue weighted by Gasteiger charge is -2.28. The van der Waals surface area contributed by atoms with Crippen LogP contribution in [0.1, 0.15) is 63.3 Å². The fourth-order valence-corrected chi connectivity index (χ4v) is 4.57. The van der Waals surface area contributed by atoms with E-state index < -0.39 is 0 Å². The van der Waals surface area contributed by atoms with Crippen LogP contribution in [0, 0.1) is 17.8 Å². The molecule has 1 heterocycles. The Kier molecular flexibility index (Phi) is 4.40. The molecule has 0 radical (unpaired) electrons. The average molecular weight is 272 g/mol. The van der Waals surface area contributed by atoms with E-state index in [1.807, 2.05) is 6.20 Å². The molecule has 4 atom stereocenters. The Morgan fingerprint density at radius 3 is 2.85 bits per heavy atom. The minimum atomic E-state index is 0.459. The zero-order chi connectivity index (χ0) is 13.9. The van der Waals surface area contributed by atoms with E-state index in [1.165, 1.54) is 43.4 Å². The lowest BCUT2D eigenvalue weighted by molar-refractivity contribution is 0.278. The van der Waals surface area contributed by atoms with Gasteiger partial charge in [-0.2, -0.15) is 0 Å². The molecule has 0 aromatic carbocycles. The second kappa shape index (κ2) is 6.26. The quantitative estimate of drug-likeness (QED) is 0.842. The van der Waals surface area contributed by atoms with E-state index >= 15 is 0 Å². The lowest BCUT2D eigenvalue weighted by atomic mass is 9.83. The molecule has 1 N–H and O–H groups in total. The van der Waals surface area contributed by atoms with Crippen LogP contribution in [0.3, 0.4) is 0 Å². The summed E-state index contributed by atoms with van der Waals surface area (Å²) >= 11 is 0. The molecule has 0 spiro atoms. The first-order valence-electron chi connectivity index (χ1n) is 8.49. The van der Waals surface area contributed by atoms with E-state index in [0.29, 0.717) is 6.04 Å². The largest absolute Gasteiger partial charge is 0.309 e. The molecule has 20 heavy (non-hydrogen) atoms. The highest BCUT2D eigenvalue weighted by molar-refractivity contribution is 5.23. The fraction of sp³-hybridized carbons (Fsp3) is 0.722. The Bertz CT molecular complexity index is 443. The Balaban J connectivity index is 1.75. The van der Waals surface area contributed by atoms with Gasteiger partial charge >= 0.3 is 0 Å². The van der Waals surface area contributed by atoms with Crippen molar-refractivity contribution < 1.29 is 0 Å². The molecule has 2 fully saturated rings. The molecular weight excluding hydrogens is 244 g/mol. The second-order valence-corrected chi connectivity index (χ2v) is 6.68. The summed E-state index contributed by atoms with van der Waals surface area (Å²) in [6.07, 6.45) is 10.3. The molecule has 4 unspecified atom stereocenters. The molecule has 2 saturated carbocycles. The van der Waals surface area contributed by atoms with Crippen LogP contribution in [0.25, 0.3) is 0 Å². The molecule has 2 aliphatic rings. The maximum absolute atomic E-state index is 4.71. The number of pyridine rings is 1. The van der Waals surface area contributed by atoms with Crippen molar-refractivity contribution in [1.29, 1.82) is 0 Å². The Labute approximate surface area is 123 Å². The van der Waals surface area contributed by atoms with Gasteiger partial charge in [0.25, 0.3) is 0 Å². The summed E-state index contributed by atoms with van der Waals surface area (Å²) in [5.74, 6) is 2.99. The zero-order valence-electron chi connectivity index (χ0n) is 12.9. The number of fused-ring (bicyclic) bond motifs is 2. The van der Waals surface area contributed by atoms with Gasteiger partial charge in [-0.3, -0.25) is 4.98 Å². The average Bonchev–Trinajstić information content (AvgIpc) is 3.09. The topological polar surface area (TPSA) is 24.9 Å². The van der Waals surface area contributed by atoms with Crippen molar-refractivity contribution in [3.8, 4) is 0 Å². The van der Waals surface area contributed by atoms with Crippen LogP contribution in [0.2, 0.25) is 0 Å². The van der Waals surface area contributed by atoms with Crippen LogP contribution >= 0.6 is 0 Å². The van der Waals surface area contributed by atoms with Gasteiger partial charge in [-0.1, -0.05) is 26.3 Å². The maximum Gasteiger partial charge on any atom is 0.0605 e. The van der Waals surface area contributed by atoms with Gasteiger partial charge in [0.1, 0.15) is 0 Å². The first-order valence-corrected chi connectivity index (χ1v) is 8.49. The summed E-state index contributed by atoms with van der Waals surface area (Å²) in [4.78, 5) is 4.71. The van der Waals surface area contributed by atoms with Gasteiger partial charge in [0.2, 0.25) is 0 Å². The van der Waals surface area contributed by atoms with Crippen molar-refractivity contribution in [2.45, 2.75) is 58.4 Å². The molecule has 1 aromatic heterocycles. The predicted molar refractivity (Wildman–Crippen MR) is 83.6 cm³/mol. The van der Waals surface area contributed by atoms with Crippen molar-refractivity contribution >= 4 is 0 Å². The highest BCUT2D eigenvalue weighted by Gasteiger charge is 2.40. The van der Waals surface area contributed by atoms with Gasteiger partial charge in [-0.25, -0.2) is 0 Å². The highest BCUT2D eigenvalue weighted by Crippen LogP contribution is 2.50. The zero-order valence-corrected chi connectivity index (χ0v) is 12.9. The van der Waals surface area contributed by atoms with Crippen LogP contribution < -0.4 is 5.32 Å². The van der Waals surface area contributed by atoms with E-state index in [2.05, 4.69) is 31.3 Å². The minimum absolute atomic E-state index is 0.459. The molecule has 110 valence electrons. The number of hydrogen-bond acceptors (Lipinski definition) is 2. The van der Waals surface area contributed by atoms with Crippen LogP contribution in [0.5, 0.6) is 0 Å². The van der Waals surface area contributed by atoms with E-state index in [0.717, 1.165) is 30.7 Å². The van der Waals surface area contributed by atoms with Gasteiger partial charge in [0.05, 0.1) is 11.7 Å². The normalized spacial score (nSPS) is 29.8. The monoisotopic (exact) mass is 272 g/mol. The molecule has 3 rings (SSSR count). The molecule has 0 saturated heterocycles. The van der Waals surface area contributed by atoms with Gasteiger partial charge < -0.3 is 5.32 Å². The predicted octanol–water partition coefficient (Wildman–Crippen LogP) is 4.12. The van der Waals surface area contributed by atoms with Crippen LogP contribution in [-0.4, -0.2) is 11.5 Å². The summed E-state index contributed by atoms with van der Waals surface area (Å²) in [5, 5.41) is 3.70. The Morgan fingerprint density at radius 1 is 1.30 bits per heavy atom. The maximum atomic E-state index is 4.71. The third-order valence-electron chi connectivity index (χ3n) is 5.51. The van der Waals surface area contributed by atoms with Gasteiger partial charge in [0, 0.05) is 6.20 Å². The number of hydrogen-bond donors (Lipinski definition) is 1. The van der Waals surface area contributed by atoms with Gasteiger partial charge in [-0.15, -0.1) is 0 Å². The van der Waals surface area contributed by atoms with Crippen molar-refractivity contribution in [3.05, 3.63) is 29.6 Å². The minimum Gasteiger partial charge on any atom is -0.309 e. The molecule has 1 aromatic rings. The lowest BCUT2D eigenvalue weighted by Crippen LogP contribution is -2.27. The SMILES string of the molecule is CCNC(CC1CC2CCC1C2)c1ncccc1CC. The second-order valence-electron chi connectivity index (χ2n) is 6.68. The van der Waals surface area contributed by atoms with E-state index in [1.54, 1.807) is 0 Å². The number of nitrogens with one attached hydrogen (secondary N) is 1. The van der Waals surface area contributed by atoms with Crippen LogP contribution in [-0.2, 0) is 6.42 Å². The summed E-state index contributed by atoms with van der Waals surface area (Å²) < 4.78 is 0. The fourth-order valence-electron chi connectivity index (χ4n) is 4.57. The highest BCUT2D eigenvalue weighted by atomic mass is 14.9. The molecule has 2 nitrogen and oxygen atoms in total. The van der Waals surface area contributed by atoms with Crippen molar-refractivity contribution in [3.63, 3.8) is 0 Å². The molecule has 2 aliphatic carbocycles. The summed E-state index contributed by atoms with van der Waals surface area (Å²) in [6, 6.07) is 4.77. The van der Waals surface area contributed by atoms with E-state index in [-0.39, 0.29) is 0 Å². The first-order chi connectivity index (χ1) is 9.81. The van der Waals surface area contributed by atoms with Crippen LogP contribution in [0.15, 0.2) is 18.3 Å². The Morgan fingerprint density at radius 2 is 2.20 bits per heavy atom. The van der Waals surface area contributed by atoms with E-state index in [9.17, 15) is 0 Å². The molecule has 2 heteroatoms. The van der Waals surface area contributed by atoms with Crippen LogP contribution in [0.4, 0.5) is 0 Å². The molecule has 0 aliphatic heterocycles. The number of aromatic nitrogens is 1. The molecule has 2 bridgehead atoms. The molecular formula is C18H28N2. The first kappa shape index (κ1) is 14.1. The number of nitrogens with zero attached hydrogens (tertiary/aromatic N) is 1. The number of rotatable bonds is 6. The smallest absolute Gasteiger partial charge is 0.0605 e. The van der Waals surface area contributed by atoms with E-state index in [4.69, 9.17) is 4.98 Å². The van der Waals surface area contributed by atoms with Gasteiger partial charge in [0.15, 0.2) is 0 Å². The van der Waals surface area contributed by atoms with Crippen molar-refractivity contribution in [1.82, 2.24) is 10.3 Å².